The van der Waals surface area contributed by atoms with Crippen molar-refractivity contribution in [1.29, 1.82) is 5.26 Å². The molecule has 2 atom stereocenters. The number of rotatable bonds is 4. The molecule has 0 saturated heterocycles. The number of hydrogen-bond donors (Lipinski definition) is 1. The van der Waals surface area contributed by atoms with Crippen LogP contribution < -0.4 is 4.57 Å². The molecule has 3 heteroatoms. The Morgan fingerprint density at radius 1 is 1.62 bits per heavy atom. The number of nitrogens with one attached hydrogen (secondary N) is 1. The molecule has 0 aliphatic heterocycles. The molecule has 0 aromatic carbocycles. The van der Waals surface area contributed by atoms with Crippen molar-refractivity contribution in [2.75, 3.05) is 0 Å². The van der Waals surface area contributed by atoms with Crippen molar-refractivity contribution >= 4 is 0 Å². The van der Waals surface area contributed by atoms with Gasteiger partial charge in [-0.05, 0) is 5.92 Å². The first kappa shape index (κ1) is 9.79. The number of nitriles is 1. The van der Waals surface area contributed by atoms with Gasteiger partial charge in [0.1, 0.15) is 18.9 Å². The zero-order chi connectivity index (χ0) is 9.68. The van der Waals surface area contributed by atoms with Crippen LogP contribution in [0, 0.1) is 23.2 Å². The highest BCUT2D eigenvalue weighted by Gasteiger charge is 2.17. The molecule has 70 valence electrons. The maximum atomic E-state index is 8.95. The van der Waals surface area contributed by atoms with Crippen LogP contribution in [0.4, 0.5) is 0 Å². The second-order valence-corrected chi connectivity index (χ2v) is 3.43. The lowest BCUT2D eigenvalue weighted by Crippen LogP contribution is -2.36. The molecular formula is C10H16N3+. The summed E-state index contributed by atoms with van der Waals surface area (Å²) in [6, 6.07) is 2.36. The molecule has 0 amide bonds. The first-order valence-electron chi connectivity index (χ1n) is 4.69. The molecular weight excluding hydrogens is 162 g/mol. The topological polar surface area (TPSA) is 43.5 Å². The van der Waals surface area contributed by atoms with E-state index in [1.165, 1.54) is 0 Å². The summed E-state index contributed by atoms with van der Waals surface area (Å²) in [6.45, 7) is 5.03. The van der Waals surface area contributed by atoms with Crippen molar-refractivity contribution in [3.05, 3.63) is 18.7 Å². The molecule has 1 aromatic heterocycles. The fourth-order valence-corrected chi connectivity index (χ4v) is 1.29. The molecule has 3 nitrogen and oxygen atoms in total. The van der Waals surface area contributed by atoms with E-state index in [9.17, 15) is 0 Å². The van der Waals surface area contributed by atoms with Crippen molar-refractivity contribution in [2.24, 2.45) is 11.8 Å². The largest absolute Gasteiger partial charge is 0.250 e. The van der Waals surface area contributed by atoms with Crippen LogP contribution in [0.2, 0.25) is 0 Å². The molecule has 1 N–H and O–H groups in total. The van der Waals surface area contributed by atoms with E-state index in [1.54, 1.807) is 0 Å². The van der Waals surface area contributed by atoms with Crippen LogP contribution in [0.1, 0.15) is 20.3 Å². The highest BCUT2D eigenvalue weighted by molar-refractivity contribution is 4.83. The fourth-order valence-electron chi connectivity index (χ4n) is 1.29. The predicted molar refractivity (Wildman–Crippen MR) is 49.5 cm³/mol. The zero-order valence-corrected chi connectivity index (χ0v) is 8.20. The Bertz CT molecular complexity index is 271. The molecule has 1 aromatic rings. The van der Waals surface area contributed by atoms with Gasteiger partial charge in [0.15, 0.2) is 0 Å². The average Bonchev–Trinajstić information content (AvgIpc) is 2.65. The molecule has 0 aliphatic rings. The Morgan fingerprint density at radius 3 is 2.85 bits per heavy atom. The van der Waals surface area contributed by atoms with Gasteiger partial charge in [0.05, 0.1) is 12.0 Å². The Hall–Kier alpha value is -1.30. The predicted octanol–water partition coefficient (Wildman–Crippen LogP) is 1.49. The minimum atomic E-state index is 0.116. The molecule has 1 rings (SSSR count). The maximum absolute atomic E-state index is 8.95. The Morgan fingerprint density at radius 2 is 2.38 bits per heavy atom. The quantitative estimate of drug-likeness (QED) is 0.697. The van der Waals surface area contributed by atoms with Gasteiger partial charge in [-0.3, -0.25) is 4.98 Å². The van der Waals surface area contributed by atoms with E-state index < -0.39 is 0 Å². The monoisotopic (exact) mass is 178 g/mol. The van der Waals surface area contributed by atoms with Crippen molar-refractivity contribution < 1.29 is 4.57 Å². The van der Waals surface area contributed by atoms with Gasteiger partial charge in [0.25, 0.3) is 0 Å². The molecule has 0 bridgehead atoms. The third-order valence-corrected chi connectivity index (χ3v) is 2.51. The van der Waals surface area contributed by atoms with Crippen LogP contribution in [0.25, 0.3) is 0 Å². The Balaban J connectivity index is 2.56. The number of aromatic amines is 1. The van der Waals surface area contributed by atoms with Gasteiger partial charge in [-0.15, -0.1) is 0 Å². The summed E-state index contributed by atoms with van der Waals surface area (Å²) < 4.78 is 2.01. The average molecular weight is 178 g/mol. The third kappa shape index (κ3) is 2.59. The van der Waals surface area contributed by atoms with Crippen molar-refractivity contribution in [3.63, 3.8) is 0 Å². The summed E-state index contributed by atoms with van der Waals surface area (Å²) in [6.07, 6.45) is 6.76. The van der Waals surface area contributed by atoms with Crippen LogP contribution in [-0.4, -0.2) is 4.98 Å². The molecule has 1 heterocycles. The molecule has 0 fully saturated rings. The molecule has 0 aliphatic carbocycles. The maximum Gasteiger partial charge on any atom is 0.241 e. The number of hydrogen-bond acceptors (Lipinski definition) is 1. The summed E-state index contributed by atoms with van der Waals surface area (Å²) >= 11 is 0. The van der Waals surface area contributed by atoms with E-state index in [0.717, 1.165) is 13.0 Å². The lowest BCUT2D eigenvalue weighted by Gasteiger charge is -2.12. The first-order chi connectivity index (χ1) is 6.27. The Kier molecular flexibility index (Phi) is 3.51. The van der Waals surface area contributed by atoms with E-state index in [-0.39, 0.29) is 5.92 Å². The summed E-state index contributed by atoms with van der Waals surface area (Å²) in [5.74, 6) is 0.582. The zero-order valence-electron chi connectivity index (χ0n) is 8.20. The highest BCUT2D eigenvalue weighted by atomic mass is 15.0. The smallest absolute Gasteiger partial charge is 0.241 e. The molecule has 0 saturated carbocycles. The fraction of sp³-hybridized carbons (Fsp3) is 0.600. The van der Waals surface area contributed by atoms with Crippen molar-refractivity contribution in [3.8, 4) is 6.07 Å². The molecule has 13 heavy (non-hydrogen) atoms. The van der Waals surface area contributed by atoms with Gasteiger partial charge < -0.3 is 0 Å². The van der Waals surface area contributed by atoms with Gasteiger partial charge >= 0.3 is 0 Å². The van der Waals surface area contributed by atoms with Crippen LogP contribution in [0.15, 0.2) is 18.7 Å². The van der Waals surface area contributed by atoms with Crippen LogP contribution in [-0.2, 0) is 6.54 Å². The van der Waals surface area contributed by atoms with Gasteiger partial charge in [-0.25, -0.2) is 4.57 Å². The Labute approximate surface area is 79.0 Å². The molecule has 0 radical (unpaired) electrons. The van der Waals surface area contributed by atoms with E-state index in [1.807, 2.05) is 23.3 Å². The number of H-pyrrole nitrogens is 1. The third-order valence-electron chi connectivity index (χ3n) is 2.51. The highest BCUT2D eigenvalue weighted by Crippen LogP contribution is 2.13. The summed E-state index contributed by atoms with van der Waals surface area (Å²) in [5.41, 5.74) is 0. The first-order valence-corrected chi connectivity index (χ1v) is 4.69. The summed E-state index contributed by atoms with van der Waals surface area (Å²) in [5, 5.41) is 8.95. The van der Waals surface area contributed by atoms with Gasteiger partial charge in [0, 0.05) is 0 Å². The van der Waals surface area contributed by atoms with Gasteiger partial charge in [-0.1, -0.05) is 20.3 Å². The van der Waals surface area contributed by atoms with E-state index in [2.05, 4.69) is 24.9 Å². The number of imidazole rings is 1. The number of aromatic nitrogens is 2. The van der Waals surface area contributed by atoms with E-state index in [0.29, 0.717) is 5.92 Å². The second-order valence-electron chi connectivity index (χ2n) is 3.43. The van der Waals surface area contributed by atoms with Gasteiger partial charge in [0.2, 0.25) is 6.33 Å². The van der Waals surface area contributed by atoms with Crippen LogP contribution in [0.3, 0.4) is 0 Å². The lowest BCUT2D eigenvalue weighted by molar-refractivity contribution is -0.701. The van der Waals surface area contributed by atoms with Crippen LogP contribution >= 0.6 is 0 Å². The van der Waals surface area contributed by atoms with E-state index in [4.69, 9.17) is 5.26 Å². The minimum Gasteiger partial charge on any atom is -0.250 e. The summed E-state index contributed by atoms with van der Waals surface area (Å²) in [4.78, 5) is 2.97. The van der Waals surface area contributed by atoms with E-state index >= 15 is 0 Å². The van der Waals surface area contributed by atoms with Crippen molar-refractivity contribution in [2.45, 2.75) is 26.8 Å². The molecule has 2 unspecified atom stereocenters. The van der Waals surface area contributed by atoms with Gasteiger partial charge in [-0.2, -0.15) is 5.26 Å². The minimum absolute atomic E-state index is 0.116. The number of nitrogens with zero attached hydrogens (tertiary/aromatic N) is 2. The SMILES string of the molecule is CCC(C)C(C#N)C[n+]1cc[nH]c1. The van der Waals surface area contributed by atoms with Crippen LogP contribution in [0.5, 0.6) is 0 Å². The summed E-state index contributed by atoms with van der Waals surface area (Å²) in [7, 11) is 0. The standard InChI is InChI=1S/C10H15N3/c1-3-9(2)10(6-11)7-13-5-4-12-8-13/h4-5,8-10H,3,7H2,1-2H3/p+1. The second kappa shape index (κ2) is 4.66. The molecule has 0 spiro atoms. The lowest BCUT2D eigenvalue weighted by atomic mass is 9.93. The normalized spacial score (nSPS) is 14.8. The van der Waals surface area contributed by atoms with Crippen molar-refractivity contribution in [1.82, 2.24) is 4.98 Å².